The Morgan fingerprint density at radius 2 is 1.88 bits per heavy atom. The fourth-order valence-corrected chi connectivity index (χ4v) is 3.07. The lowest BCUT2D eigenvalue weighted by Gasteiger charge is -2.28. The number of hydrogen-bond donors (Lipinski definition) is 0. The first kappa shape index (κ1) is 17.6. The van der Waals surface area contributed by atoms with E-state index in [0.717, 1.165) is 12.0 Å². The number of esters is 1. The first-order valence-electron chi connectivity index (χ1n) is 8.23. The van der Waals surface area contributed by atoms with Crippen LogP contribution < -0.4 is 0 Å². The van der Waals surface area contributed by atoms with Crippen molar-refractivity contribution in [2.45, 2.75) is 19.9 Å². The van der Waals surface area contributed by atoms with E-state index >= 15 is 0 Å². The number of benzene rings is 2. The van der Waals surface area contributed by atoms with Crippen molar-refractivity contribution in [3.63, 3.8) is 0 Å². The zero-order chi connectivity index (χ0) is 18.7. The number of amides is 1. The minimum Gasteiger partial charge on any atom is -0.452 e. The monoisotopic (exact) mass is 354 g/mol. The van der Waals surface area contributed by atoms with Gasteiger partial charge in [-0.1, -0.05) is 36.4 Å². The summed E-state index contributed by atoms with van der Waals surface area (Å²) in [6, 6.07) is 12.3. The number of fused-ring (bicyclic) bond motifs is 1. The Kier molecular flexibility index (Phi) is 4.97. The van der Waals surface area contributed by atoms with Crippen LogP contribution in [0.15, 0.2) is 42.5 Å². The topological polar surface area (TPSA) is 89.8 Å². The summed E-state index contributed by atoms with van der Waals surface area (Å²) in [6.07, 6.45) is 0.749. The van der Waals surface area contributed by atoms with E-state index in [9.17, 15) is 19.7 Å². The zero-order valence-electron chi connectivity index (χ0n) is 14.3. The minimum absolute atomic E-state index is 0.146. The molecule has 1 amide bonds. The molecule has 7 heteroatoms. The van der Waals surface area contributed by atoms with Crippen LogP contribution in [0.4, 0.5) is 5.69 Å². The summed E-state index contributed by atoms with van der Waals surface area (Å²) in [4.78, 5) is 36.7. The van der Waals surface area contributed by atoms with Crippen LogP contribution in [-0.4, -0.2) is 34.9 Å². The third-order valence-corrected chi connectivity index (χ3v) is 4.45. The summed E-state index contributed by atoms with van der Waals surface area (Å²) in [5.41, 5.74) is 2.21. The molecule has 0 saturated carbocycles. The Balaban J connectivity index is 1.65. The van der Waals surface area contributed by atoms with Crippen LogP contribution in [0.2, 0.25) is 0 Å². The predicted molar refractivity (Wildman–Crippen MR) is 93.7 cm³/mol. The Bertz CT molecular complexity index is 878. The molecule has 0 saturated heterocycles. The highest BCUT2D eigenvalue weighted by Gasteiger charge is 2.26. The Morgan fingerprint density at radius 3 is 2.62 bits per heavy atom. The van der Waals surface area contributed by atoms with E-state index in [0.29, 0.717) is 18.7 Å². The summed E-state index contributed by atoms with van der Waals surface area (Å²) >= 11 is 0. The fourth-order valence-electron chi connectivity index (χ4n) is 3.07. The van der Waals surface area contributed by atoms with E-state index in [1.54, 1.807) is 24.0 Å². The number of nitro benzene ring substituents is 1. The second-order valence-electron chi connectivity index (χ2n) is 6.14. The van der Waals surface area contributed by atoms with Gasteiger partial charge in [-0.05, 0) is 30.5 Å². The number of carbonyl (C=O) groups is 2. The highest BCUT2D eigenvalue weighted by molar-refractivity contribution is 5.95. The van der Waals surface area contributed by atoms with Gasteiger partial charge < -0.3 is 9.64 Å². The molecule has 1 aliphatic heterocycles. The van der Waals surface area contributed by atoms with E-state index in [1.165, 1.54) is 11.6 Å². The fraction of sp³-hybridized carbons (Fsp3) is 0.263. The summed E-state index contributed by atoms with van der Waals surface area (Å²) in [5.74, 6) is -1.19. The van der Waals surface area contributed by atoms with Crippen LogP contribution in [0.3, 0.4) is 0 Å². The molecular formula is C19H18N2O5. The van der Waals surface area contributed by atoms with Crippen LogP contribution >= 0.6 is 0 Å². The van der Waals surface area contributed by atoms with Crippen molar-refractivity contribution in [2.75, 3.05) is 13.2 Å². The number of aryl methyl sites for hydroxylation is 1. The third kappa shape index (κ3) is 3.56. The van der Waals surface area contributed by atoms with Gasteiger partial charge in [0.2, 0.25) is 0 Å². The van der Waals surface area contributed by atoms with Crippen LogP contribution in [0, 0.1) is 17.0 Å². The molecule has 0 aliphatic carbocycles. The summed E-state index contributed by atoms with van der Waals surface area (Å²) in [7, 11) is 0. The smallest absolute Gasteiger partial charge is 0.345 e. The number of carbonyl (C=O) groups excluding carboxylic acids is 2. The van der Waals surface area contributed by atoms with Gasteiger partial charge in [0.15, 0.2) is 6.61 Å². The molecule has 0 unspecified atom stereocenters. The van der Waals surface area contributed by atoms with E-state index in [4.69, 9.17) is 4.74 Å². The maximum atomic E-state index is 12.3. The molecule has 0 spiro atoms. The van der Waals surface area contributed by atoms with Crippen LogP contribution in [-0.2, 0) is 22.5 Å². The summed E-state index contributed by atoms with van der Waals surface area (Å²) in [5, 5.41) is 11.2. The first-order chi connectivity index (χ1) is 12.5. The highest BCUT2D eigenvalue weighted by Crippen LogP contribution is 2.24. The van der Waals surface area contributed by atoms with E-state index in [2.05, 4.69) is 0 Å². The number of hydrogen-bond acceptors (Lipinski definition) is 5. The summed E-state index contributed by atoms with van der Waals surface area (Å²) < 4.78 is 5.04. The molecule has 2 aromatic carbocycles. The molecule has 0 N–H and O–H groups in total. The molecule has 3 rings (SSSR count). The molecule has 0 bridgehead atoms. The van der Waals surface area contributed by atoms with Crippen LogP contribution in [0.25, 0.3) is 0 Å². The number of nitro groups is 1. The zero-order valence-corrected chi connectivity index (χ0v) is 14.3. The molecule has 0 radical (unpaired) electrons. The molecular weight excluding hydrogens is 336 g/mol. The van der Waals surface area contributed by atoms with Crippen molar-refractivity contribution >= 4 is 17.6 Å². The van der Waals surface area contributed by atoms with Crippen molar-refractivity contribution in [1.82, 2.24) is 4.90 Å². The second kappa shape index (κ2) is 7.35. The quantitative estimate of drug-likeness (QED) is 0.478. The maximum absolute atomic E-state index is 12.3. The maximum Gasteiger partial charge on any atom is 0.345 e. The van der Waals surface area contributed by atoms with Gasteiger partial charge in [-0.15, -0.1) is 0 Å². The van der Waals surface area contributed by atoms with Gasteiger partial charge in [-0.3, -0.25) is 14.9 Å². The lowest BCUT2D eigenvalue weighted by Crippen LogP contribution is -2.38. The van der Waals surface area contributed by atoms with Gasteiger partial charge in [-0.2, -0.15) is 0 Å². The number of nitrogens with zero attached hydrogens (tertiary/aromatic N) is 2. The van der Waals surface area contributed by atoms with Gasteiger partial charge in [0.05, 0.1) is 4.92 Å². The second-order valence-corrected chi connectivity index (χ2v) is 6.14. The van der Waals surface area contributed by atoms with Gasteiger partial charge in [0, 0.05) is 18.7 Å². The molecule has 7 nitrogen and oxygen atoms in total. The van der Waals surface area contributed by atoms with Crippen molar-refractivity contribution in [3.8, 4) is 0 Å². The van der Waals surface area contributed by atoms with Crippen molar-refractivity contribution in [1.29, 1.82) is 0 Å². The van der Waals surface area contributed by atoms with E-state index < -0.39 is 17.5 Å². The molecule has 0 fully saturated rings. The number of rotatable bonds is 4. The largest absolute Gasteiger partial charge is 0.452 e. The van der Waals surface area contributed by atoms with E-state index in [1.807, 2.05) is 24.3 Å². The normalized spacial score (nSPS) is 13.0. The lowest BCUT2D eigenvalue weighted by molar-refractivity contribution is -0.385. The molecule has 2 aromatic rings. The van der Waals surface area contributed by atoms with Gasteiger partial charge in [-0.25, -0.2) is 4.79 Å². The third-order valence-electron chi connectivity index (χ3n) is 4.45. The SMILES string of the molecule is Cc1cccc(C(=O)OCC(=O)N2CCc3ccccc3C2)c1[N+](=O)[O-]. The van der Waals surface area contributed by atoms with E-state index in [-0.39, 0.29) is 17.2 Å². The lowest BCUT2D eigenvalue weighted by atomic mass is 10.00. The predicted octanol–water partition coefficient (Wildman–Crippen LogP) is 2.64. The molecule has 0 aromatic heterocycles. The Labute approximate surface area is 150 Å². The van der Waals surface area contributed by atoms with Gasteiger partial charge in [0.1, 0.15) is 5.56 Å². The molecule has 134 valence electrons. The molecule has 1 heterocycles. The van der Waals surface area contributed by atoms with Crippen LogP contribution in [0.1, 0.15) is 27.0 Å². The molecule has 0 atom stereocenters. The first-order valence-corrected chi connectivity index (χ1v) is 8.23. The standard InChI is InChI=1S/C19H18N2O5/c1-13-5-4-8-16(18(13)21(24)25)19(23)26-12-17(22)20-10-9-14-6-2-3-7-15(14)11-20/h2-8H,9-12H2,1H3. The van der Waals surface area contributed by atoms with Gasteiger partial charge >= 0.3 is 5.97 Å². The number of para-hydroxylation sites is 1. The molecule has 1 aliphatic rings. The van der Waals surface area contributed by atoms with Gasteiger partial charge in [0.25, 0.3) is 11.6 Å². The van der Waals surface area contributed by atoms with Crippen molar-refractivity contribution in [2.24, 2.45) is 0 Å². The van der Waals surface area contributed by atoms with Crippen molar-refractivity contribution in [3.05, 3.63) is 74.8 Å². The highest BCUT2D eigenvalue weighted by atomic mass is 16.6. The van der Waals surface area contributed by atoms with Crippen molar-refractivity contribution < 1.29 is 19.2 Å². The summed E-state index contributed by atoms with van der Waals surface area (Å²) in [6.45, 7) is 2.13. The molecule has 26 heavy (non-hydrogen) atoms. The van der Waals surface area contributed by atoms with Crippen LogP contribution in [0.5, 0.6) is 0 Å². The Hall–Kier alpha value is -3.22. The average Bonchev–Trinajstić information content (AvgIpc) is 2.64. The number of ether oxygens (including phenoxy) is 1. The average molecular weight is 354 g/mol. The minimum atomic E-state index is -0.869. The Morgan fingerprint density at radius 1 is 1.15 bits per heavy atom.